The molecule has 2 N–H and O–H groups in total. The molecule has 0 aliphatic carbocycles. The maximum absolute atomic E-state index is 12.3. The maximum Gasteiger partial charge on any atom is 0.321 e. The van der Waals surface area contributed by atoms with Gasteiger partial charge in [0.2, 0.25) is 0 Å². The molecule has 0 saturated carbocycles. The van der Waals surface area contributed by atoms with Crippen LogP contribution in [0.2, 0.25) is 0 Å². The fourth-order valence-electron chi connectivity index (χ4n) is 2.75. The van der Waals surface area contributed by atoms with Gasteiger partial charge in [0.1, 0.15) is 0 Å². The highest BCUT2D eigenvalue weighted by Crippen LogP contribution is 2.27. The third-order valence-electron chi connectivity index (χ3n) is 3.95. The van der Waals surface area contributed by atoms with Crippen molar-refractivity contribution in [2.75, 3.05) is 18.4 Å². The molecule has 1 saturated heterocycles. The monoisotopic (exact) mass is 354 g/mol. The molecule has 21 heavy (non-hydrogen) atoms. The highest BCUT2D eigenvalue weighted by atomic mass is 79.9. The Bertz CT molecular complexity index is 565. The Hall–Kier alpha value is -1.56. The van der Waals surface area contributed by atoms with E-state index in [2.05, 4.69) is 21.2 Å². The number of halogens is 1. The second-order valence-corrected chi connectivity index (χ2v) is 6.59. The van der Waals surface area contributed by atoms with E-state index in [1.165, 1.54) is 0 Å². The van der Waals surface area contributed by atoms with Gasteiger partial charge in [-0.2, -0.15) is 0 Å². The third-order valence-corrected chi connectivity index (χ3v) is 4.40. The van der Waals surface area contributed by atoms with Crippen molar-refractivity contribution in [3.05, 3.63) is 27.7 Å². The summed E-state index contributed by atoms with van der Waals surface area (Å²) in [4.78, 5) is 25.0. The molecule has 1 fully saturated rings. The summed E-state index contributed by atoms with van der Waals surface area (Å²) in [5.74, 6) is -1.35. The summed E-state index contributed by atoms with van der Waals surface area (Å²) in [6, 6.07) is 3.64. The number of carbonyl (C=O) groups excluding carboxylic acids is 1. The van der Waals surface area contributed by atoms with Crippen molar-refractivity contribution < 1.29 is 14.7 Å². The molecule has 0 bridgehead atoms. The van der Waals surface area contributed by atoms with Crippen LogP contribution in [-0.2, 0) is 4.79 Å². The summed E-state index contributed by atoms with van der Waals surface area (Å²) < 4.78 is 0.969. The van der Waals surface area contributed by atoms with Crippen molar-refractivity contribution >= 4 is 33.6 Å². The molecule has 1 aliphatic heterocycles. The first-order valence-corrected chi connectivity index (χ1v) is 7.64. The summed E-state index contributed by atoms with van der Waals surface area (Å²) in [6.07, 6.45) is 0. The van der Waals surface area contributed by atoms with Crippen molar-refractivity contribution in [1.82, 2.24) is 4.90 Å². The Morgan fingerprint density at radius 1 is 1.29 bits per heavy atom. The topological polar surface area (TPSA) is 69.6 Å². The molecule has 0 spiro atoms. The van der Waals surface area contributed by atoms with Crippen LogP contribution in [0.15, 0.2) is 16.6 Å². The van der Waals surface area contributed by atoms with Crippen molar-refractivity contribution in [2.45, 2.75) is 20.8 Å². The van der Waals surface area contributed by atoms with Crippen LogP contribution in [0.25, 0.3) is 0 Å². The number of urea groups is 1. The minimum atomic E-state index is -0.839. The highest BCUT2D eigenvalue weighted by molar-refractivity contribution is 9.10. The SMILES string of the molecule is Cc1cc(Br)cc(C)c1NC(=O)N1CC(C)C(C(=O)O)C1. The number of anilines is 1. The largest absolute Gasteiger partial charge is 0.481 e. The van der Waals surface area contributed by atoms with E-state index in [-0.39, 0.29) is 18.5 Å². The zero-order valence-corrected chi connectivity index (χ0v) is 13.9. The van der Waals surface area contributed by atoms with Crippen molar-refractivity contribution in [3.63, 3.8) is 0 Å². The molecular formula is C15H19BrN2O3. The number of benzene rings is 1. The van der Waals surface area contributed by atoms with Crippen LogP contribution in [0.3, 0.4) is 0 Å². The molecule has 2 unspecified atom stereocenters. The number of hydrogen-bond donors (Lipinski definition) is 2. The number of rotatable bonds is 2. The van der Waals surface area contributed by atoms with Gasteiger partial charge in [-0.3, -0.25) is 4.79 Å². The fraction of sp³-hybridized carbons (Fsp3) is 0.467. The van der Waals surface area contributed by atoms with Gasteiger partial charge < -0.3 is 15.3 Å². The zero-order chi connectivity index (χ0) is 15.7. The number of nitrogens with one attached hydrogen (secondary N) is 1. The van der Waals surface area contributed by atoms with E-state index >= 15 is 0 Å². The van der Waals surface area contributed by atoms with Crippen LogP contribution in [0, 0.1) is 25.7 Å². The molecule has 2 atom stereocenters. The number of aliphatic carboxylic acids is 1. The molecule has 6 heteroatoms. The molecule has 5 nitrogen and oxygen atoms in total. The summed E-state index contributed by atoms with van der Waals surface area (Å²) in [5.41, 5.74) is 2.73. The molecule has 0 aromatic heterocycles. The smallest absolute Gasteiger partial charge is 0.321 e. The Morgan fingerprint density at radius 2 is 1.86 bits per heavy atom. The van der Waals surface area contributed by atoms with Crippen LogP contribution < -0.4 is 5.32 Å². The number of hydrogen-bond acceptors (Lipinski definition) is 2. The first-order chi connectivity index (χ1) is 9.79. The van der Waals surface area contributed by atoms with Gasteiger partial charge in [-0.1, -0.05) is 22.9 Å². The molecular weight excluding hydrogens is 336 g/mol. The minimum absolute atomic E-state index is 0.0274. The first kappa shape index (κ1) is 15.8. The fourth-order valence-corrected chi connectivity index (χ4v) is 3.43. The van der Waals surface area contributed by atoms with Gasteiger partial charge in [-0.05, 0) is 43.0 Å². The number of carboxylic acids is 1. The maximum atomic E-state index is 12.3. The van der Waals surface area contributed by atoms with E-state index in [1.807, 2.05) is 32.9 Å². The first-order valence-electron chi connectivity index (χ1n) is 6.85. The van der Waals surface area contributed by atoms with Crippen LogP contribution in [-0.4, -0.2) is 35.1 Å². The van der Waals surface area contributed by atoms with Crippen molar-refractivity contribution in [3.8, 4) is 0 Å². The van der Waals surface area contributed by atoms with Crippen LogP contribution in [0.5, 0.6) is 0 Å². The molecule has 114 valence electrons. The molecule has 1 aromatic carbocycles. The van der Waals surface area contributed by atoms with E-state index in [4.69, 9.17) is 5.11 Å². The minimum Gasteiger partial charge on any atom is -0.481 e. The standard InChI is InChI=1S/C15H19BrN2O3/c1-8-4-11(16)5-9(2)13(8)17-15(21)18-6-10(3)12(7-18)14(19)20/h4-5,10,12H,6-7H2,1-3H3,(H,17,21)(H,19,20). The Kier molecular flexibility index (Phi) is 4.56. The number of aryl methyl sites for hydroxylation is 2. The molecule has 2 rings (SSSR count). The summed E-state index contributed by atoms with van der Waals surface area (Å²) in [7, 11) is 0. The van der Waals surface area contributed by atoms with E-state index in [0.717, 1.165) is 21.3 Å². The predicted molar refractivity (Wildman–Crippen MR) is 84.5 cm³/mol. The van der Waals surface area contributed by atoms with Gasteiger partial charge in [-0.25, -0.2) is 4.79 Å². The summed E-state index contributed by atoms with van der Waals surface area (Å²) in [6.45, 7) is 6.46. The van der Waals surface area contributed by atoms with E-state index in [9.17, 15) is 9.59 Å². The molecule has 2 amide bonds. The lowest BCUT2D eigenvalue weighted by Crippen LogP contribution is -2.34. The second kappa shape index (κ2) is 6.05. The zero-order valence-electron chi connectivity index (χ0n) is 12.3. The lowest BCUT2D eigenvalue weighted by atomic mass is 9.99. The Labute approximate surface area is 132 Å². The highest BCUT2D eigenvalue weighted by Gasteiger charge is 2.37. The van der Waals surface area contributed by atoms with E-state index in [0.29, 0.717) is 6.54 Å². The molecule has 1 aromatic rings. The second-order valence-electron chi connectivity index (χ2n) is 5.67. The molecule has 0 radical (unpaired) electrons. The number of amides is 2. The van der Waals surface area contributed by atoms with Crippen LogP contribution >= 0.6 is 15.9 Å². The summed E-state index contributed by atoms with van der Waals surface area (Å²) in [5, 5.41) is 12.0. The van der Waals surface area contributed by atoms with E-state index in [1.54, 1.807) is 4.90 Å². The van der Waals surface area contributed by atoms with Gasteiger partial charge >= 0.3 is 12.0 Å². The average molecular weight is 355 g/mol. The van der Waals surface area contributed by atoms with Gasteiger partial charge in [0, 0.05) is 23.2 Å². The molecule has 1 aliphatic rings. The van der Waals surface area contributed by atoms with Crippen molar-refractivity contribution in [2.24, 2.45) is 11.8 Å². The third kappa shape index (κ3) is 3.37. The summed E-state index contributed by atoms with van der Waals surface area (Å²) >= 11 is 3.42. The van der Waals surface area contributed by atoms with Gasteiger partial charge in [-0.15, -0.1) is 0 Å². The normalized spacial score (nSPS) is 21.4. The quantitative estimate of drug-likeness (QED) is 0.856. The predicted octanol–water partition coefficient (Wildman–Crippen LogP) is 3.25. The average Bonchev–Trinajstić information content (AvgIpc) is 2.75. The number of carbonyl (C=O) groups is 2. The van der Waals surface area contributed by atoms with Gasteiger partial charge in [0.25, 0.3) is 0 Å². The van der Waals surface area contributed by atoms with Crippen LogP contribution in [0.1, 0.15) is 18.1 Å². The van der Waals surface area contributed by atoms with E-state index < -0.39 is 11.9 Å². The Balaban J connectivity index is 2.11. The molecule has 1 heterocycles. The lowest BCUT2D eigenvalue weighted by Gasteiger charge is -2.19. The van der Waals surface area contributed by atoms with Gasteiger partial charge in [0.05, 0.1) is 5.92 Å². The number of likely N-dealkylation sites (tertiary alicyclic amines) is 1. The van der Waals surface area contributed by atoms with Gasteiger partial charge in [0.15, 0.2) is 0 Å². The lowest BCUT2D eigenvalue weighted by molar-refractivity contribution is -0.142. The number of carboxylic acid groups (broad SMARTS) is 1. The van der Waals surface area contributed by atoms with Crippen LogP contribution in [0.4, 0.5) is 10.5 Å². The Morgan fingerprint density at radius 3 is 2.33 bits per heavy atom. The van der Waals surface area contributed by atoms with Crippen molar-refractivity contribution in [1.29, 1.82) is 0 Å². The number of nitrogens with zero attached hydrogens (tertiary/aromatic N) is 1.